The quantitative estimate of drug-likeness (QED) is 0.776. The van der Waals surface area contributed by atoms with Gasteiger partial charge in [-0.15, -0.1) is 0 Å². The molecule has 0 unspecified atom stereocenters. The summed E-state index contributed by atoms with van der Waals surface area (Å²) in [6.45, 7) is 5.08. The van der Waals surface area contributed by atoms with E-state index in [1.54, 1.807) is 7.05 Å². The molecule has 0 radical (unpaired) electrons. The van der Waals surface area contributed by atoms with E-state index >= 15 is 0 Å². The van der Waals surface area contributed by atoms with E-state index in [0.29, 0.717) is 31.5 Å². The van der Waals surface area contributed by atoms with E-state index in [4.69, 9.17) is 0 Å². The fourth-order valence-electron chi connectivity index (χ4n) is 4.06. The summed E-state index contributed by atoms with van der Waals surface area (Å²) in [5, 5.41) is 2.91. The SMILES string of the molecule is CCc1ccccc1NC(=O)CN(C)C(=O)C1CCN(C(=O)c2ccccc2C)CC1. The minimum Gasteiger partial charge on any atom is -0.339 e. The maximum atomic E-state index is 12.9. The van der Waals surface area contributed by atoms with Crippen LogP contribution < -0.4 is 5.32 Å². The van der Waals surface area contributed by atoms with Gasteiger partial charge in [-0.25, -0.2) is 0 Å². The van der Waals surface area contributed by atoms with Gasteiger partial charge in [0.2, 0.25) is 11.8 Å². The monoisotopic (exact) mass is 421 g/mol. The topological polar surface area (TPSA) is 69.7 Å². The molecule has 1 aliphatic heterocycles. The number of hydrogen-bond acceptors (Lipinski definition) is 3. The number of likely N-dealkylation sites (tertiary alicyclic amines) is 1. The first-order valence-electron chi connectivity index (χ1n) is 10.9. The van der Waals surface area contributed by atoms with Gasteiger partial charge in [-0.05, 0) is 49.4 Å². The Kier molecular flexibility index (Phi) is 7.45. The van der Waals surface area contributed by atoms with Gasteiger partial charge in [0.25, 0.3) is 5.91 Å². The van der Waals surface area contributed by atoms with E-state index in [-0.39, 0.29) is 30.2 Å². The van der Waals surface area contributed by atoms with E-state index in [0.717, 1.165) is 23.2 Å². The van der Waals surface area contributed by atoms with Gasteiger partial charge < -0.3 is 15.1 Å². The Morgan fingerprint density at radius 1 is 1.03 bits per heavy atom. The molecule has 0 spiro atoms. The van der Waals surface area contributed by atoms with Crippen LogP contribution in [0.25, 0.3) is 0 Å². The lowest BCUT2D eigenvalue weighted by molar-refractivity contribution is -0.138. The van der Waals surface area contributed by atoms with Crippen molar-refractivity contribution in [1.82, 2.24) is 9.80 Å². The van der Waals surface area contributed by atoms with Crippen molar-refractivity contribution in [3.05, 3.63) is 65.2 Å². The molecule has 6 nitrogen and oxygen atoms in total. The van der Waals surface area contributed by atoms with Crippen LogP contribution in [0, 0.1) is 12.8 Å². The number of aryl methyl sites for hydroxylation is 2. The number of piperidine rings is 1. The summed E-state index contributed by atoms with van der Waals surface area (Å²) < 4.78 is 0. The summed E-state index contributed by atoms with van der Waals surface area (Å²) in [6.07, 6.45) is 2.05. The van der Waals surface area contributed by atoms with Crippen LogP contribution in [-0.4, -0.2) is 54.2 Å². The molecule has 0 atom stereocenters. The first-order chi connectivity index (χ1) is 14.9. The molecule has 164 valence electrons. The molecular formula is C25H31N3O3. The van der Waals surface area contributed by atoms with Gasteiger partial charge in [0.05, 0.1) is 6.54 Å². The van der Waals surface area contributed by atoms with E-state index in [2.05, 4.69) is 5.32 Å². The molecule has 1 aliphatic rings. The Morgan fingerprint density at radius 3 is 2.35 bits per heavy atom. The fraction of sp³-hybridized carbons (Fsp3) is 0.400. The Labute approximate surface area is 184 Å². The van der Waals surface area contributed by atoms with Crippen molar-refractivity contribution in [3.8, 4) is 0 Å². The molecule has 0 saturated carbocycles. The zero-order valence-electron chi connectivity index (χ0n) is 18.6. The van der Waals surface area contributed by atoms with Gasteiger partial charge in [-0.3, -0.25) is 14.4 Å². The van der Waals surface area contributed by atoms with Crippen LogP contribution in [0.4, 0.5) is 5.69 Å². The van der Waals surface area contributed by atoms with Crippen LogP contribution in [0.2, 0.25) is 0 Å². The smallest absolute Gasteiger partial charge is 0.254 e. The number of anilines is 1. The summed E-state index contributed by atoms with van der Waals surface area (Å²) in [5.74, 6) is -0.390. The molecule has 1 heterocycles. The van der Waals surface area contributed by atoms with Crippen molar-refractivity contribution in [2.75, 3.05) is 32.0 Å². The third-order valence-electron chi connectivity index (χ3n) is 5.94. The van der Waals surface area contributed by atoms with Gasteiger partial charge in [0, 0.05) is 37.3 Å². The second-order valence-corrected chi connectivity index (χ2v) is 8.13. The minimum atomic E-state index is -0.205. The number of carbonyl (C=O) groups excluding carboxylic acids is 3. The van der Waals surface area contributed by atoms with E-state index in [1.807, 2.05) is 67.3 Å². The van der Waals surface area contributed by atoms with Crippen LogP contribution in [0.5, 0.6) is 0 Å². The summed E-state index contributed by atoms with van der Waals surface area (Å²) in [6, 6.07) is 15.3. The normalized spacial score (nSPS) is 14.2. The number of rotatable bonds is 6. The minimum absolute atomic E-state index is 0.0131. The lowest BCUT2D eigenvalue weighted by Gasteiger charge is -2.33. The first kappa shape index (κ1) is 22.5. The van der Waals surface area contributed by atoms with Crippen molar-refractivity contribution in [3.63, 3.8) is 0 Å². The Morgan fingerprint density at radius 2 is 1.68 bits per heavy atom. The zero-order valence-corrected chi connectivity index (χ0v) is 18.6. The summed E-state index contributed by atoms with van der Waals surface area (Å²) in [4.78, 5) is 41.4. The third kappa shape index (κ3) is 5.51. The Hall–Kier alpha value is -3.15. The number of likely N-dealkylation sites (N-methyl/N-ethyl adjacent to an activating group) is 1. The van der Waals surface area contributed by atoms with Crippen molar-refractivity contribution < 1.29 is 14.4 Å². The Bertz CT molecular complexity index is 949. The number of amides is 3. The largest absolute Gasteiger partial charge is 0.339 e. The molecule has 1 saturated heterocycles. The van der Waals surface area contributed by atoms with Gasteiger partial charge in [0.1, 0.15) is 0 Å². The summed E-state index contributed by atoms with van der Waals surface area (Å²) in [7, 11) is 1.67. The average Bonchev–Trinajstić information content (AvgIpc) is 2.78. The zero-order chi connectivity index (χ0) is 22.4. The molecular weight excluding hydrogens is 390 g/mol. The molecule has 1 fully saturated rings. The highest BCUT2D eigenvalue weighted by Crippen LogP contribution is 2.22. The number of nitrogens with one attached hydrogen (secondary N) is 1. The van der Waals surface area contributed by atoms with Crippen LogP contribution in [-0.2, 0) is 16.0 Å². The van der Waals surface area contributed by atoms with Crippen molar-refractivity contribution in [2.24, 2.45) is 5.92 Å². The van der Waals surface area contributed by atoms with Crippen LogP contribution in [0.1, 0.15) is 41.3 Å². The first-order valence-corrected chi connectivity index (χ1v) is 10.9. The fourth-order valence-corrected chi connectivity index (χ4v) is 4.06. The van der Waals surface area contributed by atoms with Crippen LogP contribution in [0.15, 0.2) is 48.5 Å². The molecule has 2 aromatic rings. The summed E-state index contributed by atoms with van der Waals surface area (Å²) in [5.41, 5.74) is 3.53. The van der Waals surface area contributed by atoms with Crippen LogP contribution in [0.3, 0.4) is 0 Å². The Balaban J connectivity index is 1.51. The van der Waals surface area contributed by atoms with E-state index in [1.165, 1.54) is 4.90 Å². The molecule has 0 aliphatic carbocycles. The molecule has 31 heavy (non-hydrogen) atoms. The van der Waals surface area contributed by atoms with Gasteiger partial charge in [0.15, 0.2) is 0 Å². The highest BCUT2D eigenvalue weighted by Gasteiger charge is 2.30. The molecule has 3 rings (SSSR count). The number of hydrogen-bond donors (Lipinski definition) is 1. The van der Waals surface area contributed by atoms with Gasteiger partial charge >= 0.3 is 0 Å². The molecule has 0 aromatic heterocycles. The maximum Gasteiger partial charge on any atom is 0.254 e. The lowest BCUT2D eigenvalue weighted by atomic mass is 9.94. The number of benzene rings is 2. The number of carbonyl (C=O) groups is 3. The van der Waals surface area contributed by atoms with Crippen molar-refractivity contribution in [2.45, 2.75) is 33.1 Å². The average molecular weight is 422 g/mol. The third-order valence-corrected chi connectivity index (χ3v) is 5.94. The van der Waals surface area contributed by atoms with E-state index in [9.17, 15) is 14.4 Å². The van der Waals surface area contributed by atoms with Gasteiger partial charge in [-0.2, -0.15) is 0 Å². The summed E-state index contributed by atoms with van der Waals surface area (Å²) >= 11 is 0. The molecule has 3 amide bonds. The second-order valence-electron chi connectivity index (χ2n) is 8.13. The predicted octanol–water partition coefficient (Wildman–Crippen LogP) is 3.51. The van der Waals surface area contributed by atoms with E-state index < -0.39 is 0 Å². The number of nitrogens with zero attached hydrogens (tertiary/aromatic N) is 2. The number of para-hydroxylation sites is 1. The van der Waals surface area contributed by atoms with Crippen LogP contribution >= 0.6 is 0 Å². The standard InChI is InChI=1S/C25H31N3O3/c1-4-19-10-6-8-12-22(19)26-23(29)17-27(3)24(30)20-13-15-28(16-14-20)25(31)21-11-7-5-9-18(21)2/h5-12,20H,4,13-17H2,1-3H3,(H,26,29). The molecule has 2 aromatic carbocycles. The van der Waals surface area contributed by atoms with Crippen molar-refractivity contribution in [1.29, 1.82) is 0 Å². The maximum absolute atomic E-state index is 12.9. The predicted molar refractivity (Wildman–Crippen MR) is 122 cm³/mol. The molecule has 0 bridgehead atoms. The molecule has 6 heteroatoms. The molecule has 1 N–H and O–H groups in total. The van der Waals surface area contributed by atoms with Gasteiger partial charge in [-0.1, -0.05) is 43.3 Å². The lowest BCUT2D eigenvalue weighted by Crippen LogP contribution is -2.45. The highest BCUT2D eigenvalue weighted by atomic mass is 16.2. The second kappa shape index (κ2) is 10.2. The highest BCUT2D eigenvalue weighted by molar-refractivity contribution is 5.96. The van der Waals surface area contributed by atoms with Crippen molar-refractivity contribution >= 4 is 23.4 Å².